The van der Waals surface area contributed by atoms with E-state index >= 15 is 0 Å². The van der Waals surface area contributed by atoms with Crippen molar-refractivity contribution >= 4 is 23.2 Å². The van der Waals surface area contributed by atoms with Crippen LogP contribution >= 0.6 is 0 Å². The van der Waals surface area contributed by atoms with Crippen LogP contribution in [-0.2, 0) is 4.79 Å². The SMILES string of the molecule is CCCCNC(=O)CNc1cc(NC(=O)c2ccccc2)ccc1C. The highest BCUT2D eigenvalue weighted by Gasteiger charge is 2.08. The number of amides is 2. The van der Waals surface area contributed by atoms with Gasteiger partial charge >= 0.3 is 0 Å². The van der Waals surface area contributed by atoms with Gasteiger partial charge in [-0.25, -0.2) is 0 Å². The topological polar surface area (TPSA) is 70.2 Å². The molecule has 0 unspecified atom stereocenters. The zero-order valence-corrected chi connectivity index (χ0v) is 14.8. The van der Waals surface area contributed by atoms with Crippen molar-refractivity contribution in [3.8, 4) is 0 Å². The zero-order valence-electron chi connectivity index (χ0n) is 14.8. The molecule has 0 fully saturated rings. The number of anilines is 2. The third-order valence-electron chi connectivity index (χ3n) is 3.82. The Bertz CT molecular complexity index is 714. The maximum atomic E-state index is 12.2. The van der Waals surface area contributed by atoms with Crippen LogP contribution in [0.1, 0.15) is 35.7 Å². The lowest BCUT2D eigenvalue weighted by atomic mass is 10.1. The van der Waals surface area contributed by atoms with Gasteiger partial charge in [0.15, 0.2) is 0 Å². The number of rotatable bonds is 8. The normalized spacial score (nSPS) is 10.2. The lowest BCUT2D eigenvalue weighted by molar-refractivity contribution is -0.119. The zero-order chi connectivity index (χ0) is 18.1. The van der Waals surface area contributed by atoms with E-state index in [1.807, 2.05) is 43.3 Å². The highest BCUT2D eigenvalue weighted by atomic mass is 16.2. The molecule has 0 aliphatic rings. The first-order valence-corrected chi connectivity index (χ1v) is 8.57. The molecule has 2 aromatic carbocycles. The van der Waals surface area contributed by atoms with Gasteiger partial charge in [0.1, 0.15) is 0 Å². The third kappa shape index (κ3) is 5.95. The molecular formula is C20H25N3O2. The van der Waals surface area contributed by atoms with Gasteiger partial charge in [-0.3, -0.25) is 9.59 Å². The summed E-state index contributed by atoms with van der Waals surface area (Å²) in [7, 11) is 0. The van der Waals surface area contributed by atoms with Crippen LogP contribution in [0, 0.1) is 6.92 Å². The van der Waals surface area contributed by atoms with E-state index < -0.39 is 0 Å². The van der Waals surface area contributed by atoms with E-state index in [-0.39, 0.29) is 18.4 Å². The minimum Gasteiger partial charge on any atom is -0.376 e. The molecule has 5 heteroatoms. The summed E-state index contributed by atoms with van der Waals surface area (Å²) < 4.78 is 0. The predicted molar refractivity (Wildman–Crippen MR) is 102 cm³/mol. The largest absolute Gasteiger partial charge is 0.376 e. The lowest BCUT2D eigenvalue weighted by Gasteiger charge is -2.12. The summed E-state index contributed by atoms with van der Waals surface area (Å²) in [5, 5.41) is 8.88. The van der Waals surface area contributed by atoms with Gasteiger partial charge in [0.05, 0.1) is 6.54 Å². The van der Waals surface area contributed by atoms with Crippen molar-refractivity contribution in [2.75, 3.05) is 23.7 Å². The summed E-state index contributed by atoms with van der Waals surface area (Å²) in [4.78, 5) is 24.0. The maximum Gasteiger partial charge on any atom is 0.255 e. The second kappa shape index (κ2) is 9.47. The quantitative estimate of drug-likeness (QED) is 0.644. The van der Waals surface area contributed by atoms with Crippen molar-refractivity contribution in [3.63, 3.8) is 0 Å². The number of aryl methyl sites for hydroxylation is 1. The van der Waals surface area contributed by atoms with Gasteiger partial charge in [0.2, 0.25) is 5.91 Å². The third-order valence-corrected chi connectivity index (χ3v) is 3.82. The van der Waals surface area contributed by atoms with Gasteiger partial charge in [-0.2, -0.15) is 0 Å². The van der Waals surface area contributed by atoms with Crippen LogP contribution in [0.3, 0.4) is 0 Å². The van der Waals surface area contributed by atoms with E-state index in [1.54, 1.807) is 12.1 Å². The number of nitrogens with one attached hydrogen (secondary N) is 3. The molecular weight excluding hydrogens is 314 g/mol. The number of carbonyl (C=O) groups is 2. The minimum atomic E-state index is -0.160. The van der Waals surface area contributed by atoms with Gasteiger partial charge in [-0.15, -0.1) is 0 Å². The summed E-state index contributed by atoms with van der Waals surface area (Å²) in [6, 6.07) is 14.7. The summed E-state index contributed by atoms with van der Waals surface area (Å²) in [6.07, 6.45) is 2.03. The van der Waals surface area contributed by atoms with Crippen molar-refractivity contribution in [3.05, 3.63) is 59.7 Å². The number of carbonyl (C=O) groups excluding carboxylic acids is 2. The molecule has 0 heterocycles. The molecule has 0 aliphatic carbocycles. The van der Waals surface area contributed by atoms with E-state index in [0.29, 0.717) is 17.8 Å². The molecule has 5 nitrogen and oxygen atoms in total. The van der Waals surface area contributed by atoms with Crippen LogP contribution in [0.5, 0.6) is 0 Å². The smallest absolute Gasteiger partial charge is 0.255 e. The fraction of sp³-hybridized carbons (Fsp3) is 0.300. The molecule has 0 aromatic heterocycles. The van der Waals surface area contributed by atoms with Gasteiger partial charge < -0.3 is 16.0 Å². The average Bonchev–Trinajstić information content (AvgIpc) is 2.63. The van der Waals surface area contributed by atoms with Gasteiger partial charge in [0, 0.05) is 23.5 Å². The van der Waals surface area contributed by atoms with E-state index in [9.17, 15) is 9.59 Å². The second-order valence-electron chi connectivity index (χ2n) is 5.91. The van der Waals surface area contributed by atoms with Crippen molar-refractivity contribution in [2.45, 2.75) is 26.7 Å². The second-order valence-corrected chi connectivity index (χ2v) is 5.91. The van der Waals surface area contributed by atoms with Crippen LogP contribution in [-0.4, -0.2) is 24.9 Å². The first-order chi connectivity index (χ1) is 12.1. The monoisotopic (exact) mass is 339 g/mol. The Hall–Kier alpha value is -2.82. The fourth-order valence-electron chi connectivity index (χ4n) is 2.33. The van der Waals surface area contributed by atoms with Crippen LogP contribution in [0.15, 0.2) is 48.5 Å². The molecule has 2 aromatic rings. The van der Waals surface area contributed by atoms with Crippen molar-refractivity contribution in [2.24, 2.45) is 0 Å². The van der Waals surface area contributed by atoms with Gasteiger partial charge in [-0.05, 0) is 43.2 Å². The van der Waals surface area contributed by atoms with E-state index in [0.717, 1.165) is 24.1 Å². The number of unbranched alkanes of at least 4 members (excludes halogenated alkanes) is 1. The van der Waals surface area contributed by atoms with Crippen molar-refractivity contribution in [1.82, 2.24) is 5.32 Å². The standard InChI is InChI=1S/C20H25N3O2/c1-3-4-12-21-19(24)14-22-18-13-17(11-10-15(18)2)23-20(25)16-8-6-5-7-9-16/h5-11,13,22H,3-4,12,14H2,1-2H3,(H,21,24)(H,23,25). The molecule has 132 valence electrons. The summed E-state index contributed by atoms with van der Waals surface area (Å²) in [5.41, 5.74) is 3.14. The molecule has 0 bridgehead atoms. The van der Waals surface area contributed by atoms with Gasteiger partial charge in [0.25, 0.3) is 5.91 Å². The number of benzene rings is 2. The average molecular weight is 339 g/mol. The van der Waals surface area contributed by atoms with E-state index in [1.165, 1.54) is 0 Å². The molecule has 0 saturated heterocycles. The first kappa shape index (κ1) is 18.5. The first-order valence-electron chi connectivity index (χ1n) is 8.57. The molecule has 2 amide bonds. The van der Waals surface area contributed by atoms with E-state index in [4.69, 9.17) is 0 Å². The highest BCUT2D eigenvalue weighted by Crippen LogP contribution is 2.20. The van der Waals surface area contributed by atoms with Crippen molar-refractivity contribution in [1.29, 1.82) is 0 Å². The summed E-state index contributed by atoms with van der Waals surface area (Å²) in [5.74, 6) is -0.195. The molecule has 3 N–H and O–H groups in total. The summed E-state index contributed by atoms with van der Waals surface area (Å²) in [6.45, 7) is 4.95. The van der Waals surface area contributed by atoms with Crippen LogP contribution in [0.25, 0.3) is 0 Å². The lowest BCUT2D eigenvalue weighted by Crippen LogP contribution is -2.30. The molecule has 0 aliphatic heterocycles. The Morgan fingerprint density at radius 1 is 1.04 bits per heavy atom. The molecule has 0 saturated carbocycles. The van der Waals surface area contributed by atoms with Crippen molar-refractivity contribution < 1.29 is 9.59 Å². The Labute approximate surface area is 148 Å². The Kier molecular flexibility index (Phi) is 7.01. The van der Waals surface area contributed by atoms with Crippen LogP contribution in [0.4, 0.5) is 11.4 Å². The molecule has 25 heavy (non-hydrogen) atoms. The van der Waals surface area contributed by atoms with E-state index in [2.05, 4.69) is 22.9 Å². The summed E-state index contributed by atoms with van der Waals surface area (Å²) >= 11 is 0. The maximum absolute atomic E-state index is 12.2. The number of hydrogen-bond acceptors (Lipinski definition) is 3. The number of hydrogen-bond donors (Lipinski definition) is 3. The molecule has 0 atom stereocenters. The van der Waals surface area contributed by atoms with Crippen LogP contribution in [0.2, 0.25) is 0 Å². The minimum absolute atomic E-state index is 0.0356. The molecule has 2 rings (SSSR count). The molecule has 0 radical (unpaired) electrons. The highest BCUT2D eigenvalue weighted by molar-refractivity contribution is 6.04. The van der Waals surface area contributed by atoms with Gasteiger partial charge in [-0.1, -0.05) is 37.6 Å². The molecule has 0 spiro atoms. The van der Waals surface area contributed by atoms with Crippen LogP contribution < -0.4 is 16.0 Å². The Morgan fingerprint density at radius 2 is 1.80 bits per heavy atom. The fourth-order valence-corrected chi connectivity index (χ4v) is 2.33. The Balaban J connectivity index is 1.95. The Morgan fingerprint density at radius 3 is 2.52 bits per heavy atom. The predicted octanol–water partition coefficient (Wildman–Crippen LogP) is 3.58.